The van der Waals surface area contributed by atoms with Crippen molar-refractivity contribution in [3.8, 4) is 0 Å². The van der Waals surface area contributed by atoms with Crippen molar-refractivity contribution in [1.29, 1.82) is 0 Å². The fraction of sp³-hybridized carbons (Fsp3) is 0.267. The number of benzene rings is 5. The van der Waals surface area contributed by atoms with Gasteiger partial charge in [0, 0.05) is 7.14 Å². The van der Waals surface area contributed by atoms with Crippen molar-refractivity contribution in [3.63, 3.8) is 0 Å². The van der Waals surface area contributed by atoms with Gasteiger partial charge in [-0.05, 0) is 134 Å². The highest BCUT2D eigenvalue weighted by Gasteiger charge is 2.18. The second-order valence-corrected chi connectivity index (χ2v) is 13.3. The molecule has 0 fully saturated rings. The SMILES string of the molecule is CC(C)(C)c1ccc2c(c1)c(I)cc1c2ccc2c3ccc(C(C)(C)C)cc3c(I)cc21. The third kappa shape index (κ3) is 3.62. The average Bonchev–Trinajstić information content (AvgIpc) is 2.72. The fourth-order valence-electron chi connectivity index (χ4n) is 4.71. The van der Waals surface area contributed by atoms with Crippen molar-refractivity contribution >= 4 is 88.3 Å². The van der Waals surface area contributed by atoms with Crippen molar-refractivity contribution in [2.75, 3.05) is 0 Å². The fourth-order valence-corrected chi connectivity index (χ4v) is 6.23. The predicted octanol–water partition coefficient (Wildman–Crippen LogP) is 10.1. The summed E-state index contributed by atoms with van der Waals surface area (Å²) < 4.78 is 2.64. The van der Waals surface area contributed by atoms with E-state index in [9.17, 15) is 0 Å². The van der Waals surface area contributed by atoms with Crippen LogP contribution in [0.2, 0.25) is 0 Å². The van der Waals surface area contributed by atoms with Crippen LogP contribution < -0.4 is 0 Å². The molecule has 0 atom stereocenters. The van der Waals surface area contributed by atoms with Crippen LogP contribution in [0.4, 0.5) is 0 Å². The standard InChI is InChI=1S/C30H28I2/c1-29(2,3)17-7-9-21-19-11-12-20-22-10-8-18(30(4,5)6)14-26(22)28(32)16-24(20)23(19)15-27(31)25(21)13-17/h7-16H,1-6H3. The molecule has 5 aromatic carbocycles. The molecule has 0 unspecified atom stereocenters. The molecule has 0 nitrogen and oxygen atoms in total. The van der Waals surface area contributed by atoms with Gasteiger partial charge in [0.2, 0.25) is 0 Å². The molecule has 0 aliphatic heterocycles. The van der Waals surface area contributed by atoms with E-state index in [1.165, 1.54) is 61.4 Å². The first-order chi connectivity index (χ1) is 14.9. The van der Waals surface area contributed by atoms with E-state index in [1.54, 1.807) is 0 Å². The first-order valence-electron chi connectivity index (χ1n) is 11.2. The van der Waals surface area contributed by atoms with Gasteiger partial charge in [-0.25, -0.2) is 0 Å². The number of fused-ring (bicyclic) bond motifs is 7. The van der Waals surface area contributed by atoms with Crippen molar-refractivity contribution in [2.45, 2.75) is 52.4 Å². The minimum Gasteiger partial charge on any atom is -0.0578 e. The number of rotatable bonds is 0. The van der Waals surface area contributed by atoms with Crippen molar-refractivity contribution in [1.82, 2.24) is 0 Å². The Balaban J connectivity index is 1.86. The molecule has 0 bridgehead atoms. The summed E-state index contributed by atoms with van der Waals surface area (Å²) in [4.78, 5) is 0. The van der Waals surface area contributed by atoms with E-state index in [1.807, 2.05) is 0 Å². The summed E-state index contributed by atoms with van der Waals surface area (Å²) in [7, 11) is 0. The highest BCUT2D eigenvalue weighted by Crippen LogP contribution is 2.40. The van der Waals surface area contributed by atoms with Crippen LogP contribution in [-0.2, 0) is 10.8 Å². The molecule has 0 aliphatic rings. The van der Waals surface area contributed by atoms with Crippen molar-refractivity contribution in [2.24, 2.45) is 0 Å². The summed E-state index contributed by atoms with van der Waals surface area (Å²) in [6, 6.07) is 23.5. The van der Waals surface area contributed by atoms with Crippen LogP contribution in [0.1, 0.15) is 52.7 Å². The van der Waals surface area contributed by atoms with Gasteiger partial charge in [0.05, 0.1) is 0 Å². The Bertz CT molecular complexity index is 1430. The van der Waals surface area contributed by atoms with Gasteiger partial charge in [-0.2, -0.15) is 0 Å². The third-order valence-electron chi connectivity index (χ3n) is 6.70. The molecule has 0 radical (unpaired) electrons. The molecule has 2 heteroatoms. The van der Waals surface area contributed by atoms with Crippen LogP contribution in [-0.4, -0.2) is 0 Å². The zero-order valence-corrected chi connectivity index (χ0v) is 23.8. The highest BCUT2D eigenvalue weighted by molar-refractivity contribution is 14.1. The molecule has 0 saturated carbocycles. The van der Waals surface area contributed by atoms with Crippen LogP contribution in [0.3, 0.4) is 0 Å². The maximum Gasteiger partial charge on any atom is 0.0215 e. The highest BCUT2D eigenvalue weighted by atomic mass is 127. The van der Waals surface area contributed by atoms with Gasteiger partial charge in [0.15, 0.2) is 0 Å². The van der Waals surface area contributed by atoms with Gasteiger partial charge in [0.1, 0.15) is 0 Å². The molecular weight excluding hydrogens is 614 g/mol. The molecule has 5 aromatic rings. The normalized spacial score (nSPS) is 13.0. The third-order valence-corrected chi connectivity index (χ3v) is 8.48. The van der Waals surface area contributed by atoms with E-state index in [0.29, 0.717) is 0 Å². The monoisotopic (exact) mass is 642 g/mol. The minimum absolute atomic E-state index is 0.149. The Labute approximate surface area is 218 Å². The lowest BCUT2D eigenvalue weighted by atomic mass is 9.84. The van der Waals surface area contributed by atoms with Gasteiger partial charge < -0.3 is 0 Å². The Morgan fingerprint density at radius 2 is 0.719 bits per heavy atom. The molecular formula is C30H28I2. The lowest BCUT2D eigenvalue weighted by Gasteiger charge is -2.21. The van der Waals surface area contributed by atoms with Gasteiger partial charge in [-0.3, -0.25) is 0 Å². The summed E-state index contributed by atoms with van der Waals surface area (Å²) in [5, 5.41) is 10.8. The summed E-state index contributed by atoms with van der Waals surface area (Å²) in [6.45, 7) is 13.7. The van der Waals surface area contributed by atoms with Gasteiger partial charge in [-0.15, -0.1) is 0 Å². The molecule has 5 rings (SSSR count). The van der Waals surface area contributed by atoms with E-state index in [0.717, 1.165) is 0 Å². The Morgan fingerprint density at radius 1 is 0.406 bits per heavy atom. The molecule has 0 spiro atoms. The first-order valence-corrected chi connectivity index (χ1v) is 13.3. The second-order valence-electron chi connectivity index (χ2n) is 11.0. The van der Waals surface area contributed by atoms with Crippen LogP contribution in [0.25, 0.3) is 43.1 Å². The molecule has 0 aromatic heterocycles. The zero-order valence-electron chi connectivity index (χ0n) is 19.5. The Morgan fingerprint density at radius 3 is 1.06 bits per heavy atom. The van der Waals surface area contributed by atoms with Crippen molar-refractivity contribution < 1.29 is 0 Å². The summed E-state index contributed by atoms with van der Waals surface area (Å²) in [5.74, 6) is 0. The molecule has 32 heavy (non-hydrogen) atoms. The average molecular weight is 642 g/mol. The molecule has 0 N–H and O–H groups in total. The summed E-state index contributed by atoms with van der Waals surface area (Å²) in [5.41, 5.74) is 3.07. The Kier molecular flexibility index (Phi) is 5.29. The molecule has 0 saturated heterocycles. The van der Waals surface area contributed by atoms with Crippen LogP contribution in [0.5, 0.6) is 0 Å². The lowest BCUT2D eigenvalue weighted by molar-refractivity contribution is 0.591. The van der Waals surface area contributed by atoms with Crippen LogP contribution >= 0.6 is 45.2 Å². The van der Waals surface area contributed by atoms with Gasteiger partial charge in [0.25, 0.3) is 0 Å². The molecule has 0 heterocycles. The van der Waals surface area contributed by atoms with E-state index in [4.69, 9.17) is 0 Å². The zero-order chi connectivity index (χ0) is 23.0. The second kappa shape index (κ2) is 7.56. The summed E-state index contributed by atoms with van der Waals surface area (Å²) >= 11 is 5.04. The number of halogens is 2. The van der Waals surface area contributed by atoms with Gasteiger partial charge in [-0.1, -0.05) is 77.9 Å². The molecule has 0 aliphatic carbocycles. The Hall–Kier alpha value is -1.40. The number of hydrogen-bond donors (Lipinski definition) is 0. The lowest BCUT2D eigenvalue weighted by Crippen LogP contribution is -2.10. The van der Waals surface area contributed by atoms with Crippen molar-refractivity contribution in [3.05, 3.63) is 78.9 Å². The van der Waals surface area contributed by atoms with E-state index < -0.39 is 0 Å². The maximum atomic E-state index is 2.52. The van der Waals surface area contributed by atoms with Crippen LogP contribution in [0.15, 0.2) is 60.7 Å². The van der Waals surface area contributed by atoms with E-state index in [-0.39, 0.29) is 10.8 Å². The quantitative estimate of drug-likeness (QED) is 0.117. The first kappa shape index (κ1) is 22.4. The topological polar surface area (TPSA) is 0 Å². The molecule has 162 valence electrons. The minimum atomic E-state index is 0.149. The van der Waals surface area contributed by atoms with Gasteiger partial charge >= 0.3 is 0 Å². The number of hydrogen-bond acceptors (Lipinski definition) is 0. The smallest absolute Gasteiger partial charge is 0.0215 e. The van der Waals surface area contributed by atoms with E-state index >= 15 is 0 Å². The van der Waals surface area contributed by atoms with E-state index in [2.05, 4.69) is 147 Å². The maximum absolute atomic E-state index is 2.52. The predicted molar refractivity (Wildman–Crippen MR) is 159 cm³/mol. The van der Waals surface area contributed by atoms with Crippen LogP contribution in [0, 0.1) is 7.14 Å². The molecule has 0 amide bonds. The summed E-state index contributed by atoms with van der Waals surface area (Å²) in [6.07, 6.45) is 0. The largest absolute Gasteiger partial charge is 0.0578 e.